The van der Waals surface area contributed by atoms with Crippen LogP contribution in [-0.2, 0) is 18.4 Å². The van der Waals surface area contributed by atoms with E-state index in [0.717, 1.165) is 57.8 Å². The Hall–Kier alpha value is -1.28. The van der Waals surface area contributed by atoms with Crippen molar-refractivity contribution in [3.8, 4) is 0 Å². The summed E-state index contributed by atoms with van der Waals surface area (Å²) in [6.45, 7) is 4.51. The maximum Gasteiger partial charge on any atom is 0.268 e. The number of phosphoric ester groups is 1. The van der Waals surface area contributed by atoms with Gasteiger partial charge >= 0.3 is 0 Å². The molecule has 0 saturated heterocycles. The van der Waals surface area contributed by atoms with Gasteiger partial charge in [-0.3, -0.25) is 9.36 Å². The zero-order valence-electron chi connectivity index (χ0n) is 34.5. The molecule has 0 heterocycles. The van der Waals surface area contributed by atoms with E-state index in [9.17, 15) is 19.4 Å². The second-order valence-corrected chi connectivity index (χ2v) is 17.1. The summed E-state index contributed by atoms with van der Waals surface area (Å²) in [7, 11) is 1.23. The number of aliphatic hydroxyl groups excluding tert-OH is 1. The van der Waals surface area contributed by atoms with E-state index >= 15 is 0 Å². The van der Waals surface area contributed by atoms with E-state index in [-0.39, 0.29) is 12.5 Å². The van der Waals surface area contributed by atoms with Crippen molar-refractivity contribution in [3.63, 3.8) is 0 Å². The molecule has 0 aromatic rings. The molecule has 0 aromatic carbocycles. The summed E-state index contributed by atoms with van der Waals surface area (Å²) < 4.78 is 23.0. The molecule has 0 aliphatic carbocycles. The highest BCUT2D eigenvalue weighted by Crippen LogP contribution is 2.38. The number of rotatable bonds is 38. The Labute approximate surface area is 321 Å². The molecule has 2 N–H and O–H groups in total. The fraction of sp³-hybridized carbons (Fsp3) is 0.837. The van der Waals surface area contributed by atoms with Gasteiger partial charge in [0.25, 0.3) is 7.82 Å². The average Bonchev–Trinajstić information content (AvgIpc) is 3.09. The van der Waals surface area contributed by atoms with Gasteiger partial charge < -0.3 is 28.8 Å². The summed E-state index contributed by atoms with van der Waals surface area (Å²) in [5.41, 5.74) is 0. The molecule has 8 nitrogen and oxygen atoms in total. The maximum absolute atomic E-state index is 12.6. The first-order valence-electron chi connectivity index (χ1n) is 21.4. The molecule has 0 aliphatic heterocycles. The van der Waals surface area contributed by atoms with Gasteiger partial charge in [-0.15, -0.1) is 0 Å². The van der Waals surface area contributed by atoms with Crippen molar-refractivity contribution in [3.05, 3.63) is 36.5 Å². The van der Waals surface area contributed by atoms with Crippen LogP contribution in [0.4, 0.5) is 0 Å². The number of nitrogens with zero attached hydrogens (tertiary/aromatic N) is 1. The Balaban J connectivity index is 4.21. The minimum absolute atomic E-state index is 0.00904. The van der Waals surface area contributed by atoms with Crippen LogP contribution in [0.2, 0.25) is 0 Å². The van der Waals surface area contributed by atoms with Crippen molar-refractivity contribution in [2.24, 2.45) is 0 Å². The highest BCUT2D eigenvalue weighted by atomic mass is 31.2. The largest absolute Gasteiger partial charge is 0.756 e. The van der Waals surface area contributed by atoms with E-state index in [4.69, 9.17) is 9.05 Å². The van der Waals surface area contributed by atoms with Crippen LogP contribution in [0.1, 0.15) is 181 Å². The number of carbonyl (C=O) groups is 1. The fourth-order valence-corrected chi connectivity index (χ4v) is 6.61. The predicted molar refractivity (Wildman–Crippen MR) is 219 cm³/mol. The summed E-state index contributed by atoms with van der Waals surface area (Å²) in [6.07, 6.45) is 42.5. The van der Waals surface area contributed by atoms with Crippen LogP contribution in [0.15, 0.2) is 36.5 Å². The molecule has 3 unspecified atom stereocenters. The quantitative estimate of drug-likeness (QED) is 0.0281. The highest BCUT2D eigenvalue weighted by molar-refractivity contribution is 7.45. The Morgan fingerprint density at radius 3 is 1.56 bits per heavy atom. The van der Waals surface area contributed by atoms with Crippen molar-refractivity contribution >= 4 is 13.7 Å². The number of amides is 1. The van der Waals surface area contributed by atoms with E-state index in [1.807, 2.05) is 27.2 Å². The van der Waals surface area contributed by atoms with Crippen LogP contribution < -0.4 is 10.2 Å². The Morgan fingerprint density at radius 2 is 1.08 bits per heavy atom. The van der Waals surface area contributed by atoms with Gasteiger partial charge in [-0.1, -0.05) is 166 Å². The lowest BCUT2D eigenvalue weighted by Gasteiger charge is -2.29. The van der Waals surface area contributed by atoms with Crippen LogP contribution >= 0.6 is 7.82 Å². The maximum atomic E-state index is 12.6. The summed E-state index contributed by atoms with van der Waals surface area (Å²) >= 11 is 0. The Kier molecular flexibility index (Phi) is 34.6. The molecule has 0 fully saturated rings. The monoisotopic (exact) mass is 755 g/mol. The summed E-state index contributed by atoms with van der Waals surface area (Å²) in [6, 6.07) is -0.902. The zero-order valence-corrected chi connectivity index (χ0v) is 35.4. The number of likely N-dealkylation sites (N-methyl/N-ethyl adjacent to an activating group) is 1. The second-order valence-electron chi connectivity index (χ2n) is 15.7. The van der Waals surface area contributed by atoms with Gasteiger partial charge in [-0.25, -0.2) is 0 Å². The average molecular weight is 755 g/mol. The van der Waals surface area contributed by atoms with Gasteiger partial charge in [0.1, 0.15) is 13.2 Å². The molecule has 0 aliphatic rings. The normalized spacial score (nSPS) is 14.8. The number of nitrogens with one attached hydrogen (secondary N) is 1. The first-order chi connectivity index (χ1) is 25.0. The second kappa shape index (κ2) is 35.4. The molecule has 3 atom stereocenters. The number of aliphatic hydroxyl groups is 1. The number of quaternary nitrogens is 1. The van der Waals surface area contributed by atoms with Crippen molar-refractivity contribution in [1.29, 1.82) is 0 Å². The minimum Gasteiger partial charge on any atom is -0.756 e. The molecule has 1 amide bonds. The SMILES string of the molecule is CCCCCCCCCCCCCCCCC/C=C/CC/C=C/CC/C=C/C(O)C(COP(=O)([O-])OCC[N+](C)(C)C)NC(=O)CCCCCCC. The third-order valence-corrected chi connectivity index (χ3v) is 10.3. The van der Waals surface area contributed by atoms with E-state index in [1.54, 1.807) is 6.08 Å². The van der Waals surface area contributed by atoms with Gasteiger partial charge in [-0.05, 0) is 44.9 Å². The molecule has 0 spiro atoms. The van der Waals surface area contributed by atoms with Gasteiger partial charge in [0, 0.05) is 6.42 Å². The Morgan fingerprint density at radius 1 is 0.654 bits per heavy atom. The van der Waals surface area contributed by atoms with Gasteiger partial charge in [0.15, 0.2) is 0 Å². The number of hydrogen-bond donors (Lipinski definition) is 2. The van der Waals surface area contributed by atoms with Gasteiger partial charge in [0.05, 0.1) is 39.9 Å². The van der Waals surface area contributed by atoms with Gasteiger partial charge in [0.2, 0.25) is 5.91 Å². The highest BCUT2D eigenvalue weighted by Gasteiger charge is 2.23. The third kappa shape index (κ3) is 37.1. The lowest BCUT2D eigenvalue weighted by molar-refractivity contribution is -0.870. The minimum atomic E-state index is -4.58. The smallest absolute Gasteiger partial charge is 0.268 e. The van der Waals surface area contributed by atoms with Crippen LogP contribution in [0, 0.1) is 0 Å². The summed E-state index contributed by atoms with van der Waals surface area (Å²) in [5, 5.41) is 13.6. The van der Waals surface area contributed by atoms with E-state index < -0.39 is 26.6 Å². The number of hydrogen-bond acceptors (Lipinski definition) is 6. The third-order valence-electron chi connectivity index (χ3n) is 9.33. The van der Waals surface area contributed by atoms with E-state index in [1.165, 1.54) is 103 Å². The predicted octanol–water partition coefficient (Wildman–Crippen LogP) is 10.9. The molecular weight excluding hydrogens is 671 g/mol. The molecule has 0 saturated carbocycles. The van der Waals surface area contributed by atoms with Crippen LogP contribution in [-0.4, -0.2) is 68.5 Å². The molecule has 9 heteroatoms. The first kappa shape index (κ1) is 50.7. The first-order valence-corrected chi connectivity index (χ1v) is 22.8. The topological polar surface area (TPSA) is 108 Å². The molecule has 0 aromatic heterocycles. The molecule has 0 rings (SSSR count). The van der Waals surface area contributed by atoms with Crippen molar-refractivity contribution in [2.75, 3.05) is 40.9 Å². The number of phosphoric acid groups is 1. The van der Waals surface area contributed by atoms with Gasteiger partial charge in [-0.2, -0.15) is 0 Å². The number of allylic oxidation sites excluding steroid dienone is 5. The number of unbranched alkanes of at least 4 members (excludes halogenated alkanes) is 21. The lowest BCUT2D eigenvalue weighted by atomic mass is 10.0. The van der Waals surface area contributed by atoms with E-state index in [2.05, 4.69) is 43.5 Å². The molecule has 0 radical (unpaired) electrons. The summed E-state index contributed by atoms with van der Waals surface area (Å²) in [4.78, 5) is 24.9. The van der Waals surface area contributed by atoms with Crippen LogP contribution in [0.3, 0.4) is 0 Å². The lowest BCUT2D eigenvalue weighted by Crippen LogP contribution is -2.45. The van der Waals surface area contributed by atoms with Crippen LogP contribution in [0.25, 0.3) is 0 Å². The Bertz CT molecular complexity index is 948. The fourth-order valence-electron chi connectivity index (χ4n) is 5.89. The summed E-state index contributed by atoms with van der Waals surface area (Å²) in [5.74, 6) is -0.226. The van der Waals surface area contributed by atoms with Crippen LogP contribution in [0.5, 0.6) is 0 Å². The number of carbonyl (C=O) groups excluding carboxylic acids is 1. The molecule has 306 valence electrons. The molecule has 52 heavy (non-hydrogen) atoms. The van der Waals surface area contributed by atoms with Crippen molar-refractivity contribution in [1.82, 2.24) is 5.32 Å². The zero-order chi connectivity index (χ0) is 38.6. The molecule has 0 bridgehead atoms. The van der Waals surface area contributed by atoms with Crippen molar-refractivity contribution in [2.45, 2.75) is 193 Å². The van der Waals surface area contributed by atoms with Crippen molar-refractivity contribution < 1.29 is 32.9 Å². The van der Waals surface area contributed by atoms with E-state index in [0.29, 0.717) is 17.4 Å². The standard InChI is InChI=1S/C43H83N2O6P/c1-6-8-10-12-13-14-15-16-17-18-19-20-21-22-23-24-25-26-27-28-29-30-31-33-34-36-42(46)41(44-43(47)37-35-32-11-9-7-2)40-51-52(48,49)50-39-38-45(3,4)5/h25-26,29-30,34,36,41-42,46H,6-24,27-28,31-33,35,37-40H2,1-5H3,(H-,44,47,48,49)/b26-25+,30-29+,36-34+. The molecular formula is C43H83N2O6P.